The Morgan fingerprint density at radius 1 is 1.60 bits per heavy atom. The smallest absolute Gasteiger partial charge is 0.242 e. The second-order valence-corrected chi connectivity index (χ2v) is 4.99. The van der Waals surface area contributed by atoms with E-state index < -0.39 is 10.0 Å². The van der Waals surface area contributed by atoms with E-state index in [0.29, 0.717) is 12.4 Å². The molecule has 7 heteroatoms. The zero-order valence-electron chi connectivity index (χ0n) is 8.64. The van der Waals surface area contributed by atoms with Crippen LogP contribution in [0.3, 0.4) is 0 Å². The fourth-order valence-corrected chi connectivity index (χ4v) is 2.19. The zero-order valence-corrected chi connectivity index (χ0v) is 9.45. The number of anilines is 1. The summed E-state index contributed by atoms with van der Waals surface area (Å²) in [7, 11) is -1.90. The van der Waals surface area contributed by atoms with Gasteiger partial charge in [-0.1, -0.05) is 6.92 Å². The van der Waals surface area contributed by atoms with Crippen molar-refractivity contribution in [2.45, 2.75) is 11.8 Å². The van der Waals surface area contributed by atoms with E-state index in [1.165, 1.54) is 29.7 Å². The molecule has 0 radical (unpaired) electrons. The van der Waals surface area contributed by atoms with Crippen molar-refractivity contribution in [1.82, 2.24) is 9.29 Å². The standard InChI is InChI=1S/C8H14N4O2S/c1-3-12(2)15(13,14)7-4-5-10-8(6-7)11-9/h4-6H,3,9H2,1-2H3,(H,10,11). The van der Waals surface area contributed by atoms with Gasteiger partial charge in [0.25, 0.3) is 0 Å². The number of nitrogens with two attached hydrogens (primary N) is 1. The van der Waals surface area contributed by atoms with E-state index in [4.69, 9.17) is 5.84 Å². The first-order valence-corrected chi connectivity index (χ1v) is 5.85. The first-order valence-electron chi connectivity index (χ1n) is 4.41. The minimum atomic E-state index is -3.42. The number of rotatable bonds is 4. The molecule has 84 valence electrons. The molecule has 3 N–H and O–H groups in total. The third-order valence-corrected chi connectivity index (χ3v) is 3.96. The van der Waals surface area contributed by atoms with Crippen LogP contribution in [0.5, 0.6) is 0 Å². The molecule has 0 unspecified atom stereocenters. The normalized spacial score (nSPS) is 11.7. The number of nitrogen functional groups attached to an aromatic ring is 1. The molecule has 1 aromatic heterocycles. The molecule has 0 spiro atoms. The van der Waals surface area contributed by atoms with Gasteiger partial charge in [-0.05, 0) is 6.07 Å². The molecule has 0 aliphatic rings. The first kappa shape index (κ1) is 11.9. The fourth-order valence-electron chi connectivity index (χ4n) is 1.00. The predicted molar refractivity (Wildman–Crippen MR) is 57.5 cm³/mol. The monoisotopic (exact) mass is 230 g/mol. The maximum absolute atomic E-state index is 11.9. The highest BCUT2D eigenvalue weighted by Gasteiger charge is 2.19. The van der Waals surface area contributed by atoms with Crippen LogP contribution in [0.25, 0.3) is 0 Å². The number of hydrogen-bond acceptors (Lipinski definition) is 5. The van der Waals surface area contributed by atoms with Crippen LogP contribution in [0, 0.1) is 0 Å². The van der Waals surface area contributed by atoms with Gasteiger partial charge < -0.3 is 5.43 Å². The van der Waals surface area contributed by atoms with Crippen molar-refractivity contribution in [2.24, 2.45) is 5.84 Å². The van der Waals surface area contributed by atoms with Crippen LogP contribution in [0.15, 0.2) is 23.2 Å². The molecular weight excluding hydrogens is 216 g/mol. The van der Waals surface area contributed by atoms with Crippen LogP contribution in [-0.4, -0.2) is 31.3 Å². The van der Waals surface area contributed by atoms with Crippen molar-refractivity contribution < 1.29 is 8.42 Å². The van der Waals surface area contributed by atoms with Crippen LogP contribution in [0.2, 0.25) is 0 Å². The fraction of sp³-hybridized carbons (Fsp3) is 0.375. The van der Waals surface area contributed by atoms with E-state index >= 15 is 0 Å². The van der Waals surface area contributed by atoms with Crippen molar-refractivity contribution >= 4 is 15.8 Å². The maximum Gasteiger partial charge on any atom is 0.242 e. The highest BCUT2D eigenvalue weighted by atomic mass is 32.2. The average Bonchev–Trinajstić information content (AvgIpc) is 2.27. The van der Waals surface area contributed by atoms with Crippen molar-refractivity contribution in [3.05, 3.63) is 18.3 Å². The van der Waals surface area contributed by atoms with Gasteiger partial charge in [0.1, 0.15) is 5.82 Å². The van der Waals surface area contributed by atoms with Crippen LogP contribution in [0.4, 0.5) is 5.82 Å². The Labute approximate surface area is 89.1 Å². The van der Waals surface area contributed by atoms with Gasteiger partial charge in [-0.25, -0.2) is 23.5 Å². The molecule has 0 fully saturated rings. The summed E-state index contributed by atoms with van der Waals surface area (Å²) in [6.07, 6.45) is 1.39. The van der Waals surface area contributed by atoms with E-state index in [1.54, 1.807) is 6.92 Å². The second kappa shape index (κ2) is 4.56. The van der Waals surface area contributed by atoms with Crippen molar-refractivity contribution in [2.75, 3.05) is 19.0 Å². The highest BCUT2D eigenvalue weighted by molar-refractivity contribution is 7.89. The van der Waals surface area contributed by atoms with Crippen LogP contribution < -0.4 is 11.3 Å². The zero-order chi connectivity index (χ0) is 11.5. The molecular formula is C8H14N4O2S. The molecule has 15 heavy (non-hydrogen) atoms. The van der Waals surface area contributed by atoms with Crippen molar-refractivity contribution in [3.8, 4) is 0 Å². The van der Waals surface area contributed by atoms with E-state index in [9.17, 15) is 8.42 Å². The summed E-state index contributed by atoms with van der Waals surface area (Å²) >= 11 is 0. The molecule has 0 saturated carbocycles. The number of nitrogens with zero attached hydrogens (tertiary/aromatic N) is 2. The van der Waals surface area contributed by atoms with Gasteiger partial charge >= 0.3 is 0 Å². The van der Waals surface area contributed by atoms with Crippen LogP contribution in [-0.2, 0) is 10.0 Å². The minimum absolute atomic E-state index is 0.176. The number of hydrazine groups is 1. The van der Waals surface area contributed by atoms with Crippen LogP contribution >= 0.6 is 0 Å². The number of pyridine rings is 1. The topological polar surface area (TPSA) is 88.3 Å². The van der Waals surface area contributed by atoms with Gasteiger partial charge in [0, 0.05) is 25.9 Å². The summed E-state index contributed by atoms with van der Waals surface area (Å²) in [4.78, 5) is 4.01. The van der Waals surface area contributed by atoms with Crippen molar-refractivity contribution in [3.63, 3.8) is 0 Å². The molecule has 0 saturated heterocycles. The molecule has 1 heterocycles. The Balaban J connectivity index is 3.16. The van der Waals surface area contributed by atoms with Crippen molar-refractivity contribution in [1.29, 1.82) is 0 Å². The molecule has 0 aliphatic carbocycles. The Bertz CT molecular complexity index is 432. The average molecular weight is 230 g/mol. The van der Waals surface area contributed by atoms with Gasteiger partial charge in [0.2, 0.25) is 10.0 Å². The lowest BCUT2D eigenvalue weighted by Crippen LogP contribution is -2.26. The number of aromatic nitrogens is 1. The van der Waals surface area contributed by atoms with E-state index in [2.05, 4.69) is 10.4 Å². The quantitative estimate of drug-likeness (QED) is 0.562. The SMILES string of the molecule is CCN(C)S(=O)(=O)c1ccnc(NN)c1. The molecule has 1 aromatic rings. The molecule has 0 amide bonds. The Kier molecular flexibility index (Phi) is 3.61. The lowest BCUT2D eigenvalue weighted by molar-refractivity contribution is 0.486. The number of nitrogens with one attached hydrogen (secondary N) is 1. The third-order valence-electron chi connectivity index (χ3n) is 2.03. The Morgan fingerprint density at radius 3 is 2.80 bits per heavy atom. The molecule has 0 aliphatic heterocycles. The molecule has 0 atom stereocenters. The summed E-state index contributed by atoms with van der Waals surface area (Å²) in [5.74, 6) is 5.47. The maximum atomic E-state index is 11.9. The van der Waals surface area contributed by atoms with Gasteiger partial charge in [0.05, 0.1) is 4.90 Å². The van der Waals surface area contributed by atoms with Gasteiger partial charge in [-0.2, -0.15) is 0 Å². The lowest BCUT2D eigenvalue weighted by atomic mass is 10.5. The van der Waals surface area contributed by atoms with E-state index in [-0.39, 0.29) is 4.90 Å². The van der Waals surface area contributed by atoms with Gasteiger partial charge in [0.15, 0.2) is 0 Å². The Hall–Kier alpha value is -1.18. The Morgan fingerprint density at radius 2 is 2.27 bits per heavy atom. The minimum Gasteiger partial charge on any atom is -0.308 e. The lowest BCUT2D eigenvalue weighted by Gasteiger charge is -2.14. The van der Waals surface area contributed by atoms with E-state index in [0.717, 1.165) is 0 Å². The summed E-state index contributed by atoms with van der Waals surface area (Å²) in [5, 5.41) is 0. The molecule has 1 rings (SSSR count). The summed E-state index contributed by atoms with van der Waals surface area (Å²) in [6, 6.07) is 2.82. The predicted octanol–water partition coefficient (Wildman–Crippen LogP) is 0.00760. The van der Waals surface area contributed by atoms with Gasteiger partial charge in [-0.3, -0.25) is 0 Å². The van der Waals surface area contributed by atoms with Gasteiger partial charge in [-0.15, -0.1) is 0 Å². The number of sulfonamides is 1. The summed E-state index contributed by atoms with van der Waals surface area (Å²) < 4.78 is 25.0. The summed E-state index contributed by atoms with van der Waals surface area (Å²) in [5.41, 5.74) is 2.30. The summed E-state index contributed by atoms with van der Waals surface area (Å²) in [6.45, 7) is 2.18. The van der Waals surface area contributed by atoms with E-state index in [1.807, 2.05) is 0 Å². The third kappa shape index (κ3) is 2.44. The first-order chi connectivity index (χ1) is 7.02. The largest absolute Gasteiger partial charge is 0.308 e. The number of hydrogen-bond donors (Lipinski definition) is 2. The van der Waals surface area contributed by atoms with Crippen LogP contribution in [0.1, 0.15) is 6.92 Å². The molecule has 6 nitrogen and oxygen atoms in total. The highest BCUT2D eigenvalue weighted by Crippen LogP contribution is 2.15. The molecule has 0 aromatic carbocycles. The second-order valence-electron chi connectivity index (χ2n) is 2.94. The molecule has 0 bridgehead atoms.